The van der Waals surface area contributed by atoms with Crippen molar-refractivity contribution >= 4 is 44.9 Å². The number of aryl methyl sites for hydroxylation is 2. The maximum Gasteiger partial charge on any atom is 0.490 e. The Kier molecular flexibility index (Phi) is 7.06. The molecule has 3 rings (SSSR count). The molecule has 0 aromatic heterocycles. The van der Waals surface area contributed by atoms with Gasteiger partial charge in [-0.2, -0.15) is 13.2 Å². The highest BCUT2D eigenvalue weighted by atomic mass is 35.5. The summed E-state index contributed by atoms with van der Waals surface area (Å²) in [5, 5.41) is 9.70. The summed E-state index contributed by atoms with van der Waals surface area (Å²) in [5.74, 6) is -2.81. The summed E-state index contributed by atoms with van der Waals surface area (Å²) >= 11 is 6.09. The van der Waals surface area contributed by atoms with E-state index in [-0.39, 0.29) is 28.2 Å². The lowest BCUT2D eigenvalue weighted by molar-refractivity contribution is -0.192. The van der Waals surface area contributed by atoms with Crippen molar-refractivity contribution in [2.75, 3.05) is 16.6 Å². The van der Waals surface area contributed by atoms with Gasteiger partial charge in [-0.1, -0.05) is 17.7 Å². The minimum absolute atomic E-state index is 0.00381. The summed E-state index contributed by atoms with van der Waals surface area (Å²) in [6.07, 6.45) is -5.08. The Morgan fingerprint density at radius 1 is 1.19 bits per heavy atom. The molecule has 1 aliphatic rings. The summed E-state index contributed by atoms with van der Waals surface area (Å²) in [7, 11) is -3.90. The van der Waals surface area contributed by atoms with Gasteiger partial charge in [0.2, 0.25) is 0 Å². The van der Waals surface area contributed by atoms with Gasteiger partial charge in [-0.15, -0.1) is 0 Å². The van der Waals surface area contributed by atoms with E-state index < -0.39 is 22.2 Å². The zero-order valence-corrected chi connectivity index (χ0v) is 17.6. The number of amides is 1. The molecule has 1 heterocycles. The number of benzene rings is 2. The number of halogens is 4. The SMILES string of the molecule is Cc1ccc(NS(=O)(=O)c2cc3c(cc2Cl)NC(=O)CO3)cc1C.O=C(O)C(F)(F)F. The van der Waals surface area contributed by atoms with Crippen molar-refractivity contribution < 1.29 is 41.0 Å². The zero-order chi connectivity index (χ0) is 23.6. The van der Waals surface area contributed by atoms with Crippen molar-refractivity contribution in [1.29, 1.82) is 0 Å². The third-order valence-electron chi connectivity index (χ3n) is 3.96. The number of ether oxygens (including phenoxy) is 1. The van der Waals surface area contributed by atoms with Gasteiger partial charge in [0.1, 0.15) is 10.6 Å². The number of carboxylic acids is 1. The van der Waals surface area contributed by atoms with Crippen molar-refractivity contribution in [3.05, 3.63) is 46.5 Å². The number of anilines is 2. The van der Waals surface area contributed by atoms with Crippen LogP contribution in [0.2, 0.25) is 5.02 Å². The van der Waals surface area contributed by atoms with Crippen molar-refractivity contribution in [2.45, 2.75) is 24.9 Å². The number of carbonyl (C=O) groups is 2. The third-order valence-corrected chi connectivity index (χ3v) is 5.80. The van der Waals surface area contributed by atoms with E-state index >= 15 is 0 Å². The van der Waals surface area contributed by atoms with Crippen LogP contribution in [-0.4, -0.2) is 38.2 Å². The molecule has 0 radical (unpaired) electrons. The Morgan fingerprint density at radius 3 is 2.35 bits per heavy atom. The lowest BCUT2D eigenvalue weighted by atomic mass is 10.1. The quantitative estimate of drug-likeness (QED) is 0.615. The van der Waals surface area contributed by atoms with Crippen LogP contribution in [0, 0.1) is 13.8 Å². The lowest BCUT2D eigenvalue weighted by Gasteiger charge is -2.19. The second-order valence-corrected chi connectivity index (χ2v) is 8.38. The molecule has 0 spiro atoms. The predicted octanol–water partition coefficient (Wildman–Crippen LogP) is 3.72. The van der Waals surface area contributed by atoms with Crippen LogP contribution in [0.5, 0.6) is 5.75 Å². The number of hydrogen-bond acceptors (Lipinski definition) is 5. The average molecular weight is 481 g/mol. The van der Waals surface area contributed by atoms with Gasteiger partial charge in [-0.05, 0) is 43.2 Å². The summed E-state index contributed by atoms with van der Waals surface area (Å²) < 4.78 is 64.7. The second-order valence-electron chi connectivity index (χ2n) is 6.32. The van der Waals surface area contributed by atoms with Crippen LogP contribution < -0.4 is 14.8 Å². The number of carbonyl (C=O) groups excluding carboxylic acids is 1. The molecule has 0 atom stereocenters. The maximum absolute atomic E-state index is 12.6. The molecule has 1 aliphatic heterocycles. The number of aliphatic carboxylic acids is 1. The van der Waals surface area contributed by atoms with E-state index in [1.807, 2.05) is 19.9 Å². The van der Waals surface area contributed by atoms with Gasteiger partial charge in [0.25, 0.3) is 15.9 Å². The zero-order valence-electron chi connectivity index (χ0n) is 16.0. The molecule has 13 heteroatoms. The topological polar surface area (TPSA) is 122 Å². The summed E-state index contributed by atoms with van der Waals surface area (Å²) in [4.78, 5) is 20.1. The first-order chi connectivity index (χ1) is 14.2. The molecule has 2 aromatic rings. The molecule has 0 fully saturated rings. The first kappa shape index (κ1) is 24.3. The summed E-state index contributed by atoms with van der Waals surface area (Å²) in [6.45, 7) is 3.67. The minimum Gasteiger partial charge on any atom is -0.482 e. The molecule has 3 N–H and O–H groups in total. The van der Waals surface area contributed by atoms with Gasteiger partial charge in [0, 0.05) is 11.8 Å². The standard InChI is InChI=1S/C16H15ClN2O4S.C2HF3O2/c1-9-3-4-11(5-10(9)2)19-24(21,22)15-7-14-13(6-12(15)17)18-16(20)8-23-14;3-2(4,5)1(6)7/h3-7,19H,8H2,1-2H3,(H,18,20);(H,6,7). The van der Waals surface area contributed by atoms with Crippen LogP contribution in [0.4, 0.5) is 24.5 Å². The van der Waals surface area contributed by atoms with Gasteiger partial charge in [0.15, 0.2) is 6.61 Å². The van der Waals surface area contributed by atoms with E-state index in [4.69, 9.17) is 26.2 Å². The predicted molar refractivity (Wildman–Crippen MR) is 106 cm³/mol. The summed E-state index contributed by atoms with van der Waals surface area (Å²) in [6, 6.07) is 7.93. The highest BCUT2D eigenvalue weighted by Gasteiger charge is 2.38. The van der Waals surface area contributed by atoms with Gasteiger partial charge in [-0.25, -0.2) is 13.2 Å². The number of hydrogen-bond donors (Lipinski definition) is 3. The molecule has 0 bridgehead atoms. The number of rotatable bonds is 3. The Hall–Kier alpha value is -2.99. The van der Waals surface area contributed by atoms with Crippen LogP contribution in [-0.2, 0) is 19.6 Å². The van der Waals surface area contributed by atoms with Gasteiger partial charge in [0.05, 0.1) is 10.7 Å². The number of nitrogens with one attached hydrogen (secondary N) is 2. The Bertz CT molecular complexity index is 1140. The number of fused-ring (bicyclic) bond motifs is 1. The number of carboxylic acid groups (broad SMARTS) is 1. The molecule has 8 nitrogen and oxygen atoms in total. The van der Waals surface area contributed by atoms with E-state index in [0.29, 0.717) is 11.4 Å². The Labute approximate surface area is 180 Å². The fourth-order valence-electron chi connectivity index (χ4n) is 2.30. The van der Waals surface area contributed by atoms with Crippen LogP contribution in [0.3, 0.4) is 0 Å². The monoisotopic (exact) mass is 480 g/mol. The number of alkyl halides is 3. The lowest BCUT2D eigenvalue weighted by Crippen LogP contribution is -2.25. The average Bonchev–Trinajstić information content (AvgIpc) is 2.63. The van der Waals surface area contributed by atoms with Crippen molar-refractivity contribution in [3.63, 3.8) is 0 Å². The number of sulfonamides is 1. The Balaban J connectivity index is 0.000000423. The maximum atomic E-state index is 12.6. The second kappa shape index (κ2) is 9.02. The first-order valence-corrected chi connectivity index (χ1v) is 10.2. The normalized spacial score (nSPS) is 13.2. The molecule has 0 saturated carbocycles. The first-order valence-electron chi connectivity index (χ1n) is 8.37. The van der Waals surface area contributed by atoms with Crippen molar-refractivity contribution in [3.8, 4) is 5.75 Å². The van der Waals surface area contributed by atoms with Crippen LogP contribution >= 0.6 is 11.6 Å². The summed E-state index contributed by atoms with van der Waals surface area (Å²) in [5.41, 5.74) is 2.83. The highest BCUT2D eigenvalue weighted by molar-refractivity contribution is 7.92. The molecule has 1 amide bonds. The van der Waals surface area contributed by atoms with Gasteiger partial charge in [-0.3, -0.25) is 9.52 Å². The molecule has 0 saturated heterocycles. The van der Waals surface area contributed by atoms with Crippen LogP contribution in [0.15, 0.2) is 35.2 Å². The minimum atomic E-state index is -5.08. The van der Waals surface area contributed by atoms with Crippen LogP contribution in [0.25, 0.3) is 0 Å². The third kappa shape index (κ3) is 6.25. The molecular formula is C18H16ClF3N2O6S. The molecule has 2 aromatic carbocycles. The van der Waals surface area contributed by atoms with E-state index in [2.05, 4.69) is 10.0 Å². The van der Waals surface area contributed by atoms with Crippen LogP contribution in [0.1, 0.15) is 11.1 Å². The van der Waals surface area contributed by atoms with Crippen molar-refractivity contribution in [1.82, 2.24) is 0 Å². The largest absolute Gasteiger partial charge is 0.490 e. The van der Waals surface area contributed by atoms with Crippen molar-refractivity contribution in [2.24, 2.45) is 0 Å². The van der Waals surface area contributed by atoms with E-state index in [0.717, 1.165) is 11.1 Å². The fourth-order valence-corrected chi connectivity index (χ4v) is 3.90. The molecule has 168 valence electrons. The highest BCUT2D eigenvalue weighted by Crippen LogP contribution is 2.36. The molecular weight excluding hydrogens is 465 g/mol. The van der Waals surface area contributed by atoms with E-state index in [1.54, 1.807) is 12.1 Å². The molecule has 0 unspecified atom stereocenters. The Morgan fingerprint density at radius 2 is 1.81 bits per heavy atom. The van der Waals surface area contributed by atoms with Gasteiger partial charge >= 0.3 is 12.1 Å². The van der Waals surface area contributed by atoms with Gasteiger partial charge < -0.3 is 15.2 Å². The van der Waals surface area contributed by atoms with E-state index in [9.17, 15) is 26.4 Å². The van der Waals surface area contributed by atoms with E-state index in [1.165, 1.54) is 12.1 Å². The smallest absolute Gasteiger partial charge is 0.482 e. The fraction of sp³-hybridized carbons (Fsp3) is 0.222. The molecule has 31 heavy (non-hydrogen) atoms. The molecule has 0 aliphatic carbocycles.